The third-order valence-corrected chi connectivity index (χ3v) is 10.6. The number of nitrogens with zero attached hydrogens (tertiary/aromatic N) is 3. The molecule has 21 heteroatoms. The first-order valence-electron chi connectivity index (χ1n) is 4.92. The van der Waals surface area contributed by atoms with Gasteiger partial charge < -0.3 is 19.6 Å². The molecule has 0 amide bonds. The lowest BCUT2D eigenvalue weighted by Gasteiger charge is -2.50. The van der Waals surface area contributed by atoms with E-state index < -0.39 is 38.9 Å². The van der Waals surface area contributed by atoms with Gasteiger partial charge in [0, 0.05) is 11.8 Å². The molecule has 4 N–H and O–H groups in total. The van der Waals surface area contributed by atoms with Crippen LogP contribution >= 0.6 is 93.4 Å². The largest absolute Gasteiger partial charge is 0.488 e. The van der Waals surface area contributed by atoms with Gasteiger partial charge in [-0.25, -0.2) is 13.4 Å². The minimum atomic E-state index is -5.83. The van der Waals surface area contributed by atoms with Crippen molar-refractivity contribution < 1.29 is 41.9 Å². The van der Waals surface area contributed by atoms with Gasteiger partial charge in [-0.3, -0.25) is 4.57 Å². The topological polar surface area (TPSA) is 160 Å². The van der Waals surface area contributed by atoms with Gasteiger partial charge in [0.1, 0.15) is 0 Å². The Kier molecular flexibility index (Phi) is 7.51. The molecule has 0 aromatic carbocycles. The normalized spacial score (nSPS) is 32.2. The first kappa shape index (κ1) is 24.1. The van der Waals surface area contributed by atoms with E-state index in [1.165, 1.54) is 0 Å². The average Bonchev–Trinajstić information content (AvgIpc) is 2.28. The molecule has 0 bridgehead atoms. The van der Waals surface area contributed by atoms with Crippen molar-refractivity contribution in [3.63, 3.8) is 0 Å². The highest BCUT2D eigenvalue weighted by Crippen LogP contribution is 2.76. The van der Waals surface area contributed by atoms with Gasteiger partial charge in [0.15, 0.2) is 4.33 Å². The maximum atomic E-state index is 12.4. The summed E-state index contributed by atoms with van der Waals surface area (Å²) in [5.41, 5.74) is 0. The van der Waals surface area contributed by atoms with E-state index >= 15 is 0 Å². The van der Waals surface area contributed by atoms with E-state index in [4.69, 9.17) is 79.9 Å². The maximum Gasteiger partial charge on any atom is 0.488 e. The minimum Gasteiger partial charge on any atom is -0.322 e. The lowest BCUT2D eigenvalue weighted by molar-refractivity contribution is -0.0569. The van der Waals surface area contributed by atoms with Gasteiger partial charge in [-0.05, 0) is 28.2 Å². The van der Waals surface area contributed by atoms with Crippen molar-refractivity contribution in [2.75, 3.05) is 6.54 Å². The summed E-state index contributed by atoms with van der Waals surface area (Å²) >= 11 is 34.2. The van der Waals surface area contributed by atoms with E-state index in [0.717, 1.165) is 0 Å². The number of hydrazine groups is 2. The third-order valence-electron chi connectivity index (χ3n) is 2.16. The minimum absolute atomic E-state index is 0.0368. The lowest BCUT2D eigenvalue weighted by atomic mass is 10.4. The maximum absolute atomic E-state index is 12.4. The number of hydrogen-bond donors (Lipinski definition) is 4. The van der Waals surface area contributed by atoms with Crippen LogP contribution in [0.5, 0.6) is 0 Å². The van der Waals surface area contributed by atoms with Crippen LogP contribution in [0.2, 0.25) is 0 Å². The summed E-state index contributed by atoms with van der Waals surface area (Å²) in [6, 6.07) is 0. The molecule has 12 nitrogen and oxygen atoms in total. The van der Waals surface area contributed by atoms with E-state index in [-0.39, 0.29) is 9.16 Å². The van der Waals surface area contributed by atoms with Crippen LogP contribution < -0.4 is 0 Å². The van der Waals surface area contributed by atoms with Crippen LogP contribution in [0.4, 0.5) is 0 Å². The Morgan fingerprint density at radius 2 is 1.38 bits per heavy atom. The summed E-state index contributed by atoms with van der Waals surface area (Å²) in [5.74, 6) is 0. The molecule has 0 aliphatic carbocycles. The van der Waals surface area contributed by atoms with E-state index in [0.29, 0.717) is 4.53 Å². The number of halogens is 6. The zero-order valence-corrected chi connectivity index (χ0v) is 17.7. The van der Waals surface area contributed by atoms with Crippen LogP contribution in [0.1, 0.15) is 0 Å². The Morgan fingerprint density at radius 1 is 0.917 bits per heavy atom. The predicted octanol–water partition coefficient (Wildman–Crippen LogP) is 2.68. The van der Waals surface area contributed by atoms with Crippen molar-refractivity contribution >= 4 is 93.4 Å². The van der Waals surface area contributed by atoms with Crippen molar-refractivity contribution in [2.24, 2.45) is 0 Å². The summed E-state index contributed by atoms with van der Waals surface area (Å²) in [7, 11) is -17.2. The van der Waals surface area contributed by atoms with Crippen molar-refractivity contribution in [3.8, 4) is 0 Å². The van der Waals surface area contributed by atoms with Crippen LogP contribution in [0, 0.1) is 0 Å². The number of phosphoric acid groups is 2. The molecule has 0 aromatic rings. The highest BCUT2D eigenvalue weighted by atomic mass is 35.5. The molecule has 1 heterocycles. The summed E-state index contributed by atoms with van der Waals surface area (Å²) in [6.45, 7) is -0.753. The average molecular weight is 534 g/mol. The zero-order valence-electron chi connectivity index (χ0n) is 10.5. The van der Waals surface area contributed by atoms with E-state index in [2.05, 4.69) is 8.62 Å². The molecule has 3 unspecified atom stereocenters. The predicted molar refractivity (Wildman–Crippen MR) is 84.8 cm³/mol. The molecule has 1 aliphatic rings. The highest BCUT2D eigenvalue weighted by Gasteiger charge is 2.72. The fraction of sp³-hybridized carbons (Fsp3) is 1.00. The Bertz CT molecular complexity index is 645. The van der Waals surface area contributed by atoms with E-state index in [9.17, 15) is 23.5 Å². The van der Waals surface area contributed by atoms with Gasteiger partial charge in [-0.2, -0.15) is 4.31 Å². The Hall–Kier alpha value is 2.07. The SMILES string of the molecule is O=P(O)(O)OP(=O)(O)OP(=O)(O)C1(Cl)N(Cl)N(Cl)N(Cl)CC1(Cl)Cl. The molecule has 0 spiro atoms. The molecule has 0 saturated carbocycles. The monoisotopic (exact) mass is 531 g/mol. The molecular formula is C3H6Cl6N3O9P3. The van der Waals surface area contributed by atoms with Gasteiger partial charge >= 0.3 is 23.2 Å². The second-order valence-electron chi connectivity index (χ2n) is 3.93. The second kappa shape index (κ2) is 7.48. The quantitative estimate of drug-likeness (QED) is 0.177. The van der Waals surface area contributed by atoms with Crippen LogP contribution in [0.3, 0.4) is 0 Å². The molecule has 3 atom stereocenters. The summed E-state index contributed by atoms with van der Waals surface area (Å²) < 4.78 is 36.7. The first-order chi connectivity index (χ1) is 10.4. The Morgan fingerprint density at radius 3 is 1.79 bits per heavy atom. The smallest absolute Gasteiger partial charge is 0.322 e. The Balaban J connectivity index is 3.30. The fourth-order valence-corrected chi connectivity index (χ4v) is 7.80. The molecule has 24 heavy (non-hydrogen) atoms. The van der Waals surface area contributed by atoms with Crippen molar-refractivity contribution in [1.82, 2.24) is 13.7 Å². The second-order valence-corrected chi connectivity index (χ2v) is 12.1. The molecule has 1 rings (SSSR count). The van der Waals surface area contributed by atoms with Gasteiger partial charge in [-0.15, -0.1) is 4.53 Å². The van der Waals surface area contributed by atoms with Gasteiger partial charge in [0.25, 0.3) is 4.74 Å². The Labute approximate surface area is 164 Å². The zero-order chi connectivity index (χ0) is 19.4. The standard InChI is InChI=1S/C3H6Cl6N3O9P3/c4-2(5)1-10(7)12(9)11(8)3(2,6)22(13,14)20-24(18,19)21-23(15,16)17/h1H2,(H,13,14)(H,18,19)(H2,15,16,17). The van der Waals surface area contributed by atoms with E-state index in [1.807, 2.05) is 0 Å². The summed E-state index contributed by atoms with van der Waals surface area (Å²) in [6.07, 6.45) is 0. The summed E-state index contributed by atoms with van der Waals surface area (Å²) in [4.78, 5) is 36.1. The van der Waals surface area contributed by atoms with Crippen molar-refractivity contribution in [1.29, 1.82) is 0 Å². The molecule has 1 saturated heterocycles. The van der Waals surface area contributed by atoms with Gasteiger partial charge in [-0.1, -0.05) is 39.3 Å². The highest BCUT2D eigenvalue weighted by molar-refractivity contribution is 7.69. The molecule has 1 aliphatic heterocycles. The summed E-state index contributed by atoms with van der Waals surface area (Å²) in [5, 5.41) is 0. The number of alkyl halides is 3. The molecule has 0 radical (unpaired) electrons. The van der Waals surface area contributed by atoms with Crippen LogP contribution in [-0.4, -0.2) is 48.9 Å². The van der Waals surface area contributed by atoms with E-state index in [1.54, 1.807) is 0 Å². The third kappa shape index (κ3) is 4.91. The van der Waals surface area contributed by atoms with Crippen molar-refractivity contribution in [3.05, 3.63) is 0 Å². The van der Waals surface area contributed by atoms with Crippen LogP contribution in [0.25, 0.3) is 0 Å². The van der Waals surface area contributed by atoms with Crippen molar-refractivity contribution in [2.45, 2.75) is 9.07 Å². The van der Waals surface area contributed by atoms with Crippen LogP contribution in [-0.2, 0) is 22.3 Å². The lowest BCUT2D eigenvalue weighted by Crippen LogP contribution is -2.66. The number of hydrogen-bond acceptors (Lipinski definition) is 8. The number of rotatable bonds is 5. The molecule has 144 valence electrons. The van der Waals surface area contributed by atoms with Crippen LogP contribution in [0.15, 0.2) is 0 Å². The molecular weight excluding hydrogens is 528 g/mol. The fourth-order valence-electron chi connectivity index (χ4n) is 1.31. The van der Waals surface area contributed by atoms with Gasteiger partial charge in [0.2, 0.25) is 0 Å². The molecule has 1 fully saturated rings. The first-order valence-corrected chi connectivity index (χ1v) is 11.7. The molecule has 0 aromatic heterocycles. The van der Waals surface area contributed by atoms with Gasteiger partial charge in [0.05, 0.1) is 6.54 Å².